The average Bonchev–Trinajstić information content (AvgIpc) is 2.99. The average molecular weight is 298 g/mol. The Labute approximate surface area is 128 Å². The van der Waals surface area contributed by atoms with E-state index in [2.05, 4.69) is 10.3 Å². The second-order valence-electron chi connectivity index (χ2n) is 5.43. The molecule has 2 heterocycles. The minimum Gasteiger partial charge on any atom is -0.368 e. The zero-order chi connectivity index (χ0) is 15.7. The summed E-state index contributed by atoms with van der Waals surface area (Å²) in [5.74, 6) is -0.109. The number of H-pyrrole nitrogens is 1. The van der Waals surface area contributed by atoms with Crippen molar-refractivity contribution in [1.29, 1.82) is 0 Å². The van der Waals surface area contributed by atoms with E-state index in [1.165, 1.54) is 0 Å². The molecule has 0 radical (unpaired) electrons. The van der Waals surface area contributed by atoms with Gasteiger partial charge in [0.25, 0.3) is 5.91 Å². The number of nitrogens with one attached hydrogen (secondary N) is 2. The molecule has 114 valence electrons. The molecular weight excluding hydrogens is 280 g/mol. The van der Waals surface area contributed by atoms with Crippen molar-refractivity contribution in [3.05, 3.63) is 52.8 Å². The van der Waals surface area contributed by atoms with Crippen molar-refractivity contribution in [2.45, 2.75) is 26.1 Å². The van der Waals surface area contributed by atoms with Crippen LogP contribution < -0.4 is 5.32 Å². The summed E-state index contributed by atoms with van der Waals surface area (Å²) in [6.45, 7) is 1.96. The van der Waals surface area contributed by atoms with Crippen molar-refractivity contribution in [2.75, 3.05) is 5.32 Å². The first kappa shape index (κ1) is 14.6. The standard InChI is InChI=1S/C17H18N2O3/c1-10-11(6-7-16(20)21)9-18-15(10)8-13-12-4-2-3-5-14(12)19-17(13)22/h2-5,8-9,16,18,20-21H,6-7H2,1H3,(H,19,22)/b13-8+. The highest BCUT2D eigenvalue weighted by molar-refractivity contribution is 6.34. The fourth-order valence-electron chi connectivity index (χ4n) is 2.68. The number of anilines is 1. The molecule has 1 aliphatic rings. The molecule has 5 heteroatoms. The molecule has 1 aromatic heterocycles. The maximum Gasteiger partial charge on any atom is 0.256 e. The lowest BCUT2D eigenvalue weighted by Crippen LogP contribution is -2.05. The van der Waals surface area contributed by atoms with E-state index in [0.29, 0.717) is 12.0 Å². The quantitative estimate of drug-likeness (QED) is 0.515. The molecule has 0 bridgehead atoms. The summed E-state index contributed by atoms with van der Waals surface area (Å²) >= 11 is 0. The summed E-state index contributed by atoms with van der Waals surface area (Å²) in [5, 5.41) is 20.8. The number of fused-ring (bicyclic) bond motifs is 1. The van der Waals surface area contributed by atoms with E-state index in [1.807, 2.05) is 43.5 Å². The number of carbonyl (C=O) groups excluding carboxylic acids is 1. The van der Waals surface area contributed by atoms with Crippen LogP contribution in [0, 0.1) is 6.92 Å². The highest BCUT2D eigenvalue weighted by atomic mass is 16.5. The van der Waals surface area contributed by atoms with Gasteiger partial charge in [-0.05, 0) is 36.6 Å². The summed E-state index contributed by atoms with van der Waals surface area (Å²) in [6.07, 6.45) is 3.26. The van der Waals surface area contributed by atoms with Crippen LogP contribution in [-0.2, 0) is 11.2 Å². The normalized spacial score (nSPS) is 15.5. The number of aromatic amines is 1. The van der Waals surface area contributed by atoms with Crippen molar-refractivity contribution in [3.63, 3.8) is 0 Å². The lowest BCUT2D eigenvalue weighted by molar-refractivity contribution is -0.110. The molecule has 0 saturated heterocycles. The molecule has 0 fully saturated rings. The highest BCUT2D eigenvalue weighted by Crippen LogP contribution is 2.33. The largest absolute Gasteiger partial charge is 0.368 e. The van der Waals surface area contributed by atoms with Crippen LogP contribution in [0.4, 0.5) is 5.69 Å². The lowest BCUT2D eigenvalue weighted by atomic mass is 10.0. The van der Waals surface area contributed by atoms with Crippen LogP contribution in [0.5, 0.6) is 0 Å². The van der Waals surface area contributed by atoms with Gasteiger partial charge in [-0.2, -0.15) is 0 Å². The molecule has 2 aromatic rings. The fraction of sp³-hybridized carbons (Fsp3) is 0.235. The van der Waals surface area contributed by atoms with Crippen molar-refractivity contribution in [1.82, 2.24) is 4.98 Å². The molecule has 0 aliphatic carbocycles. The Morgan fingerprint density at radius 1 is 1.27 bits per heavy atom. The third-order valence-corrected chi connectivity index (χ3v) is 3.96. The number of aromatic nitrogens is 1. The topological polar surface area (TPSA) is 85.3 Å². The molecule has 3 rings (SSSR count). The second-order valence-corrected chi connectivity index (χ2v) is 5.43. The van der Waals surface area contributed by atoms with Gasteiger partial charge in [-0.15, -0.1) is 0 Å². The number of aliphatic hydroxyl groups is 2. The molecule has 0 atom stereocenters. The van der Waals surface area contributed by atoms with Crippen molar-refractivity contribution >= 4 is 23.2 Å². The van der Waals surface area contributed by atoms with Crippen LogP contribution in [0.25, 0.3) is 11.6 Å². The summed E-state index contributed by atoms with van der Waals surface area (Å²) in [4.78, 5) is 15.3. The first-order valence-corrected chi connectivity index (χ1v) is 7.21. The molecule has 0 unspecified atom stereocenters. The van der Waals surface area contributed by atoms with E-state index >= 15 is 0 Å². The predicted octanol–water partition coefficient (Wildman–Crippen LogP) is 2.06. The Bertz CT molecular complexity index is 744. The second kappa shape index (κ2) is 5.79. The summed E-state index contributed by atoms with van der Waals surface area (Å²) in [6, 6.07) is 7.59. The summed E-state index contributed by atoms with van der Waals surface area (Å²) < 4.78 is 0. The number of hydrogen-bond donors (Lipinski definition) is 4. The first-order valence-electron chi connectivity index (χ1n) is 7.21. The van der Waals surface area contributed by atoms with E-state index in [0.717, 1.165) is 28.1 Å². The van der Waals surface area contributed by atoms with Gasteiger partial charge in [0.1, 0.15) is 0 Å². The SMILES string of the molecule is Cc1c(CCC(O)O)c[nH]c1/C=C1/C(=O)Nc2ccccc21. The van der Waals surface area contributed by atoms with Crippen molar-refractivity contribution in [2.24, 2.45) is 0 Å². The predicted molar refractivity (Wildman–Crippen MR) is 85.0 cm³/mol. The Morgan fingerprint density at radius 3 is 2.82 bits per heavy atom. The highest BCUT2D eigenvalue weighted by Gasteiger charge is 2.23. The number of amides is 1. The number of hydrogen-bond acceptors (Lipinski definition) is 3. The molecule has 1 aliphatic heterocycles. The molecule has 1 amide bonds. The van der Waals surface area contributed by atoms with Gasteiger partial charge in [0.2, 0.25) is 0 Å². The van der Waals surface area contributed by atoms with Gasteiger partial charge in [0.05, 0.1) is 5.57 Å². The molecule has 4 N–H and O–H groups in total. The first-order chi connectivity index (χ1) is 10.6. The van der Waals surface area contributed by atoms with Crippen LogP contribution in [0.2, 0.25) is 0 Å². The number of carbonyl (C=O) groups is 1. The Kier molecular flexibility index (Phi) is 3.83. The van der Waals surface area contributed by atoms with Gasteiger partial charge in [-0.25, -0.2) is 0 Å². The summed E-state index contributed by atoms with van der Waals surface area (Å²) in [7, 11) is 0. The third-order valence-electron chi connectivity index (χ3n) is 3.96. The Morgan fingerprint density at radius 2 is 2.05 bits per heavy atom. The Hall–Kier alpha value is -2.37. The third kappa shape index (κ3) is 2.68. The number of aliphatic hydroxyl groups excluding tert-OH is 1. The van der Waals surface area contributed by atoms with Crippen LogP contribution in [0.15, 0.2) is 30.5 Å². The molecule has 22 heavy (non-hydrogen) atoms. The number of rotatable bonds is 4. The van der Waals surface area contributed by atoms with Gasteiger partial charge >= 0.3 is 0 Å². The fourth-order valence-corrected chi connectivity index (χ4v) is 2.68. The van der Waals surface area contributed by atoms with Gasteiger partial charge in [0.15, 0.2) is 6.29 Å². The molecule has 0 saturated carbocycles. The van der Waals surface area contributed by atoms with E-state index < -0.39 is 6.29 Å². The minimum absolute atomic E-state index is 0.109. The van der Waals surface area contributed by atoms with Gasteiger partial charge in [-0.3, -0.25) is 4.79 Å². The molecule has 1 aromatic carbocycles. The minimum atomic E-state index is -1.30. The number of aryl methyl sites for hydroxylation is 1. The van der Waals surface area contributed by atoms with E-state index in [9.17, 15) is 4.79 Å². The van der Waals surface area contributed by atoms with Crippen LogP contribution in [0.3, 0.4) is 0 Å². The van der Waals surface area contributed by atoms with Crippen molar-refractivity contribution < 1.29 is 15.0 Å². The maximum atomic E-state index is 12.1. The van der Waals surface area contributed by atoms with Crippen LogP contribution >= 0.6 is 0 Å². The van der Waals surface area contributed by atoms with Crippen LogP contribution in [0.1, 0.15) is 28.8 Å². The molecule has 5 nitrogen and oxygen atoms in total. The maximum absolute atomic E-state index is 12.1. The van der Waals surface area contributed by atoms with Crippen molar-refractivity contribution in [3.8, 4) is 0 Å². The number of benzene rings is 1. The zero-order valence-corrected chi connectivity index (χ0v) is 12.3. The number of para-hydroxylation sites is 1. The lowest BCUT2D eigenvalue weighted by Gasteiger charge is -2.03. The van der Waals surface area contributed by atoms with E-state index in [-0.39, 0.29) is 12.3 Å². The molecular formula is C17H18N2O3. The van der Waals surface area contributed by atoms with Gasteiger partial charge in [-0.1, -0.05) is 18.2 Å². The van der Waals surface area contributed by atoms with E-state index in [4.69, 9.17) is 10.2 Å². The van der Waals surface area contributed by atoms with Gasteiger partial charge in [0, 0.05) is 29.6 Å². The molecule has 0 spiro atoms. The Balaban J connectivity index is 1.91. The van der Waals surface area contributed by atoms with E-state index in [1.54, 1.807) is 0 Å². The van der Waals surface area contributed by atoms with Gasteiger partial charge < -0.3 is 20.5 Å². The smallest absolute Gasteiger partial charge is 0.256 e. The summed E-state index contributed by atoms with van der Waals surface area (Å²) in [5.41, 5.74) is 5.26. The monoisotopic (exact) mass is 298 g/mol. The zero-order valence-electron chi connectivity index (χ0n) is 12.3. The van der Waals surface area contributed by atoms with Crippen LogP contribution in [-0.4, -0.2) is 27.4 Å².